The van der Waals surface area contributed by atoms with Gasteiger partial charge in [-0.05, 0) is 30.5 Å². The maximum absolute atomic E-state index is 5.28. The number of nitrogens with two attached hydrogens (primary N) is 2. The lowest BCUT2D eigenvalue weighted by atomic mass is 10.1. The van der Waals surface area contributed by atoms with Crippen LogP contribution in [0.4, 0.5) is 0 Å². The summed E-state index contributed by atoms with van der Waals surface area (Å²) in [6.07, 6.45) is 10.0. The van der Waals surface area contributed by atoms with Gasteiger partial charge in [0, 0.05) is 6.42 Å². The lowest BCUT2D eigenvalue weighted by Crippen LogP contribution is -1.88. The van der Waals surface area contributed by atoms with Crippen molar-refractivity contribution in [1.82, 2.24) is 0 Å². The molecule has 13 heavy (non-hydrogen) atoms. The van der Waals surface area contributed by atoms with Crippen LogP contribution in [0.15, 0.2) is 41.3 Å². The second-order valence-electron chi connectivity index (χ2n) is 2.63. The first kappa shape index (κ1) is 9.45. The monoisotopic (exact) mass is 178 g/mol. The summed E-state index contributed by atoms with van der Waals surface area (Å²) >= 11 is 0. The van der Waals surface area contributed by atoms with Crippen LogP contribution in [0, 0.1) is 0 Å². The van der Waals surface area contributed by atoms with E-state index in [0.29, 0.717) is 0 Å². The Bertz CT molecular complexity index is 271. The van der Waals surface area contributed by atoms with Crippen molar-refractivity contribution in [2.75, 3.05) is 0 Å². The summed E-state index contributed by atoms with van der Waals surface area (Å²) in [5.74, 6) is 0.944. The molecule has 0 aromatic carbocycles. The van der Waals surface area contributed by atoms with Gasteiger partial charge in [0.15, 0.2) is 0 Å². The molecule has 1 aromatic heterocycles. The van der Waals surface area contributed by atoms with Crippen molar-refractivity contribution < 1.29 is 4.42 Å². The van der Waals surface area contributed by atoms with Crippen LogP contribution in [0.5, 0.6) is 0 Å². The molecule has 3 heteroatoms. The number of hydrogen-bond acceptors (Lipinski definition) is 3. The van der Waals surface area contributed by atoms with E-state index < -0.39 is 0 Å². The molecule has 0 atom stereocenters. The lowest BCUT2D eigenvalue weighted by Gasteiger charge is -1.94. The van der Waals surface area contributed by atoms with E-state index in [1.165, 1.54) is 12.4 Å². The zero-order valence-electron chi connectivity index (χ0n) is 7.44. The standard InChI is InChI=1S/C10H14N2O/c11-6-1-3-9-5-8-13-10(9)4-2-7-12/h1-2,5-8H,3-4,11-12H2. The summed E-state index contributed by atoms with van der Waals surface area (Å²) < 4.78 is 5.28. The molecule has 0 fully saturated rings. The lowest BCUT2D eigenvalue weighted by molar-refractivity contribution is 0.519. The van der Waals surface area contributed by atoms with E-state index in [1.807, 2.05) is 18.2 Å². The molecule has 4 N–H and O–H groups in total. The molecule has 0 amide bonds. The van der Waals surface area contributed by atoms with E-state index in [0.717, 1.165) is 24.2 Å². The Morgan fingerprint density at radius 2 is 1.85 bits per heavy atom. The molecular weight excluding hydrogens is 164 g/mol. The van der Waals surface area contributed by atoms with Crippen LogP contribution in [0.1, 0.15) is 11.3 Å². The first-order chi connectivity index (χ1) is 6.38. The molecule has 0 spiro atoms. The second-order valence-corrected chi connectivity index (χ2v) is 2.63. The van der Waals surface area contributed by atoms with Gasteiger partial charge in [-0.2, -0.15) is 0 Å². The number of rotatable bonds is 4. The minimum atomic E-state index is 0.733. The summed E-state index contributed by atoms with van der Waals surface area (Å²) in [6.45, 7) is 0. The fourth-order valence-corrected chi connectivity index (χ4v) is 1.10. The van der Waals surface area contributed by atoms with Crippen LogP contribution in [0.2, 0.25) is 0 Å². The Labute approximate surface area is 77.7 Å². The quantitative estimate of drug-likeness (QED) is 0.730. The average molecular weight is 178 g/mol. The minimum Gasteiger partial charge on any atom is -0.469 e. The molecule has 0 bridgehead atoms. The van der Waals surface area contributed by atoms with Gasteiger partial charge in [-0.1, -0.05) is 12.2 Å². The number of hydrogen-bond donors (Lipinski definition) is 2. The van der Waals surface area contributed by atoms with Gasteiger partial charge in [0.1, 0.15) is 5.76 Å². The predicted molar refractivity (Wildman–Crippen MR) is 52.8 cm³/mol. The van der Waals surface area contributed by atoms with Crippen LogP contribution in [0.3, 0.4) is 0 Å². The van der Waals surface area contributed by atoms with Gasteiger partial charge in [-0.25, -0.2) is 0 Å². The van der Waals surface area contributed by atoms with E-state index >= 15 is 0 Å². The zero-order chi connectivity index (χ0) is 9.52. The molecule has 1 rings (SSSR count). The van der Waals surface area contributed by atoms with Crippen LogP contribution >= 0.6 is 0 Å². The van der Waals surface area contributed by atoms with Crippen molar-refractivity contribution in [3.05, 3.63) is 48.2 Å². The third-order valence-corrected chi connectivity index (χ3v) is 1.75. The van der Waals surface area contributed by atoms with Crippen molar-refractivity contribution in [3.63, 3.8) is 0 Å². The smallest absolute Gasteiger partial charge is 0.111 e. The van der Waals surface area contributed by atoms with Crippen LogP contribution < -0.4 is 11.5 Å². The molecule has 1 heterocycles. The predicted octanol–water partition coefficient (Wildman–Crippen LogP) is 1.31. The highest BCUT2D eigenvalue weighted by molar-refractivity contribution is 5.21. The normalized spacial score (nSPS) is 11.7. The third-order valence-electron chi connectivity index (χ3n) is 1.75. The second kappa shape index (κ2) is 5.09. The molecule has 0 unspecified atom stereocenters. The van der Waals surface area contributed by atoms with E-state index in [4.69, 9.17) is 15.9 Å². The molecular formula is C10H14N2O. The van der Waals surface area contributed by atoms with E-state index in [2.05, 4.69) is 0 Å². The highest BCUT2D eigenvalue weighted by atomic mass is 16.3. The van der Waals surface area contributed by atoms with Gasteiger partial charge in [0.2, 0.25) is 0 Å². The van der Waals surface area contributed by atoms with Gasteiger partial charge in [0.25, 0.3) is 0 Å². The zero-order valence-corrected chi connectivity index (χ0v) is 7.44. The first-order valence-corrected chi connectivity index (χ1v) is 4.17. The van der Waals surface area contributed by atoms with Crippen molar-refractivity contribution in [1.29, 1.82) is 0 Å². The fraction of sp³-hybridized carbons (Fsp3) is 0.200. The molecule has 1 aromatic rings. The Kier molecular flexibility index (Phi) is 3.70. The summed E-state index contributed by atoms with van der Waals surface area (Å²) in [5, 5.41) is 0. The molecule has 0 aliphatic rings. The summed E-state index contributed by atoms with van der Waals surface area (Å²) in [4.78, 5) is 0. The van der Waals surface area contributed by atoms with Crippen molar-refractivity contribution in [2.24, 2.45) is 11.5 Å². The van der Waals surface area contributed by atoms with E-state index in [1.54, 1.807) is 6.26 Å². The first-order valence-electron chi connectivity index (χ1n) is 4.17. The maximum Gasteiger partial charge on any atom is 0.111 e. The third kappa shape index (κ3) is 2.71. The van der Waals surface area contributed by atoms with Gasteiger partial charge < -0.3 is 15.9 Å². The van der Waals surface area contributed by atoms with Gasteiger partial charge in [0.05, 0.1) is 6.26 Å². The highest BCUT2D eigenvalue weighted by Crippen LogP contribution is 2.12. The summed E-state index contributed by atoms with van der Waals surface area (Å²) in [6, 6.07) is 1.94. The highest BCUT2D eigenvalue weighted by Gasteiger charge is 2.01. The van der Waals surface area contributed by atoms with E-state index in [-0.39, 0.29) is 0 Å². The number of furan rings is 1. The van der Waals surface area contributed by atoms with Crippen molar-refractivity contribution in [3.8, 4) is 0 Å². The molecule has 0 saturated carbocycles. The minimum absolute atomic E-state index is 0.733. The van der Waals surface area contributed by atoms with Crippen LogP contribution in [-0.2, 0) is 12.8 Å². The molecule has 0 aliphatic heterocycles. The molecule has 0 saturated heterocycles. The Hall–Kier alpha value is -1.64. The van der Waals surface area contributed by atoms with Crippen molar-refractivity contribution >= 4 is 0 Å². The summed E-state index contributed by atoms with van der Waals surface area (Å²) in [5.41, 5.74) is 11.6. The van der Waals surface area contributed by atoms with Gasteiger partial charge >= 0.3 is 0 Å². The van der Waals surface area contributed by atoms with Crippen molar-refractivity contribution in [2.45, 2.75) is 12.8 Å². The molecule has 70 valence electrons. The van der Waals surface area contributed by atoms with E-state index in [9.17, 15) is 0 Å². The Balaban J connectivity index is 2.65. The topological polar surface area (TPSA) is 65.2 Å². The fourth-order valence-electron chi connectivity index (χ4n) is 1.10. The van der Waals surface area contributed by atoms with Gasteiger partial charge in [-0.3, -0.25) is 0 Å². The SMILES string of the molecule is NC=CCc1ccoc1CC=CN. The number of allylic oxidation sites excluding steroid dienone is 2. The molecule has 0 aliphatic carbocycles. The summed E-state index contributed by atoms with van der Waals surface area (Å²) in [7, 11) is 0. The largest absolute Gasteiger partial charge is 0.469 e. The molecule has 3 nitrogen and oxygen atoms in total. The average Bonchev–Trinajstić information content (AvgIpc) is 2.59. The Morgan fingerprint density at radius 1 is 1.15 bits per heavy atom. The van der Waals surface area contributed by atoms with Crippen LogP contribution in [-0.4, -0.2) is 0 Å². The Morgan fingerprint density at radius 3 is 2.54 bits per heavy atom. The van der Waals surface area contributed by atoms with Crippen LogP contribution in [0.25, 0.3) is 0 Å². The molecule has 0 radical (unpaired) electrons. The maximum atomic E-state index is 5.28. The van der Waals surface area contributed by atoms with Gasteiger partial charge in [-0.15, -0.1) is 0 Å².